The van der Waals surface area contributed by atoms with Gasteiger partial charge in [-0.3, -0.25) is 4.90 Å². The number of rotatable bonds is 2. The van der Waals surface area contributed by atoms with Crippen LogP contribution in [-0.2, 0) is 4.74 Å². The average Bonchev–Trinajstić information content (AvgIpc) is 3.16. The summed E-state index contributed by atoms with van der Waals surface area (Å²) in [4.78, 5) is 22.2. The molecule has 0 radical (unpaired) electrons. The second-order valence-corrected chi connectivity index (χ2v) is 8.32. The van der Waals surface area contributed by atoms with Crippen LogP contribution in [0.15, 0.2) is 28.9 Å². The number of imidazole rings is 1. The van der Waals surface area contributed by atoms with Gasteiger partial charge in [0.1, 0.15) is 11.4 Å². The van der Waals surface area contributed by atoms with E-state index in [-0.39, 0.29) is 12.1 Å². The fraction of sp³-hybridized carbons (Fsp3) is 0.474. The van der Waals surface area contributed by atoms with E-state index in [4.69, 9.17) is 9.72 Å². The number of H-pyrrole nitrogens is 1. The van der Waals surface area contributed by atoms with Crippen molar-refractivity contribution in [2.24, 2.45) is 0 Å². The second kappa shape index (κ2) is 6.83. The van der Waals surface area contributed by atoms with Gasteiger partial charge in [0, 0.05) is 22.8 Å². The Morgan fingerprint density at radius 3 is 2.84 bits per heavy atom. The van der Waals surface area contributed by atoms with Gasteiger partial charge in [0.15, 0.2) is 0 Å². The Kier molecular flexibility index (Phi) is 4.91. The van der Waals surface area contributed by atoms with Crippen molar-refractivity contribution < 1.29 is 9.53 Å². The molecule has 0 spiro atoms. The Morgan fingerprint density at radius 2 is 2.16 bits per heavy atom. The lowest BCUT2D eigenvalue weighted by molar-refractivity contribution is 0.0219. The first-order valence-electron chi connectivity index (χ1n) is 8.56. The molecule has 1 saturated heterocycles. The highest BCUT2D eigenvalue weighted by atomic mass is 79.9. The molecule has 1 aromatic heterocycles. The number of nitrogens with zero attached hydrogens (tertiary/aromatic N) is 2. The maximum atomic E-state index is 12.5. The highest BCUT2D eigenvalue weighted by molar-refractivity contribution is 9.10. The molecule has 0 aliphatic carbocycles. The first kappa shape index (κ1) is 18.0. The molecule has 0 bridgehead atoms. The Balaban J connectivity index is 1.81. The maximum Gasteiger partial charge on any atom is 0.410 e. The predicted molar refractivity (Wildman–Crippen MR) is 101 cm³/mol. The molecule has 1 amide bonds. The van der Waals surface area contributed by atoms with Crippen molar-refractivity contribution in [1.29, 1.82) is 0 Å². The Hall–Kier alpha value is -1.82. The maximum absolute atomic E-state index is 12.5. The molecule has 1 aromatic carbocycles. The zero-order valence-electron chi connectivity index (χ0n) is 15.1. The number of carbonyl (C=O) groups is 1. The minimum absolute atomic E-state index is 0.0554. The number of aryl methyl sites for hydroxylation is 1. The van der Waals surface area contributed by atoms with Crippen LogP contribution in [0.5, 0.6) is 0 Å². The lowest BCUT2D eigenvalue weighted by Gasteiger charge is -2.27. The van der Waals surface area contributed by atoms with E-state index in [1.165, 1.54) is 5.56 Å². The molecule has 25 heavy (non-hydrogen) atoms. The summed E-state index contributed by atoms with van der Waals surface area (Å²) >= 11 is 3.52. The summed E-state index contributed by atoms with van der Waals surface area (Å²) in [5, 5.41) is 0. The lowest BCUT2D eigenvalue weighted by Crippen LogP contribution is -2.36. The molecule has 5 nitrogen and oxygen atoms in total. The zero-order valence-corrected chi connectivity index (χ0v) is 16.7. The average molecular weight is 406 g/mol. The molecule has 1 aliphatic rings. The fourth-order valence-electron chi connectivity index (χ4n) is 3.05. The summed E-state index contributed by atoms with van der Waals surface area (Å²) in [6.45, 7) is 8.42. The number of aromatic nitrogens is 2. The Bertz CT molecular complexity index is 779. The normalized spacial score (nSPS) is 17.8. The number of aromatic amines is 1. The zero-order chi connectivity index (χ0) is 18.2. The van der Waals surface area contributed by atoms with Gasteiger partial charge in [-0.15, -0.1) is 0 Å². The van der Waals surface area contributed by atoms with Gasteiger partial charge in [-0.05, 0) is 58.2 Å². The van der Waals surface area contributed by atoms with Gasteiger partial charge < -0.3 is 9.72 Å². The number of halogens is 1. The summed E-state index contributed by atoms with van der Waals surface area (Å²) in [6, 6.07) is 6.11. The molecular formula is C19H24BrN3O2. The molecule has 1 aliphatic heterocycles. The number of hydrogen-bond donors (Lipinski definition) is 1. The van der Waals surface area contributed by atoms with Gasteiger partial charge in [0.05, 0.1) is 11.7 Å². The standard InChI is InChI=1S/C19H24BrN3O2/c1-12-10-13(7-8-14(12)20)15-11-21-17(22-15)16-6-5-9-23(16)18(24)25-19(2,3)4/h7-8,10-11,16H,5-6,9H2,1-4H3,(H,21,22). The van der Waals surface area contributed by atoms with Crippen LogP contribution in [0.1, 0.15) is 51.0 Å². The third-order valence-electron chi connectivity index (χ3n) is 4.25. The third kappa shape index (κ3) is 4.06. The van der Waals surface area contributed by atoms with Crippen LogP contribution in [0.4, 0.5) is 4.79 Å². The van der Waals surface area contributed by atoms with Crippen LogP contribution >= 0.6 is 15.9 Å². The largest absolute Gasteiger partial charge is 0.444 e. The summed E-state index contributed by atoms with van der Waals surface area (Å²) in [5.41, 5.74) is 2.62. The van der Waals surface area contributed by atoms with Crippen molar-refractivity contribution in [3.8, 4) is 11.3 Å². The number of amides is 1. The highest BCUT2D eigenvalue weighted by Crippen LogP contribution is 2.33. The number of nitrogens with one attached hydrogen (secondary N) is 1. The third-order valence-corrected chi connectivity index (χ3v) is 5.14. The molecule has 0 saturated carbocycles. The summed E-state index contributed by atoms with van der Waals surface area (Å²) < 4.78 is 6.62. The molecule has 2 aromatic rings. The monoisotopic (exact) mass is 405 g/mol. The van der Waals surface area contributed by atoms with E-state index in [0.29, 0.717) is 6.54 Å². The summed E-state index contributed by atoms with van der Waals surface area (Å²) in [5.74, 6) is 0.818. The van der Waals surface area contributed by atoms with Gasteiger partial charge in [-0.25, -0.2) is 9.78 Å². The lowest BCUT2D eigenvalue weighted by atomic mass is 10.1. The van der Waals surface area contributed by atoms with Crippen molar-refractivity contribution in [3.05, 3.63) is 40.3 Å². The van der Waals surface area contributed by atoms with Crippen LogP contribution in [0.3, 0.4) is 0 Å². The second-order valence-electron chi connectivity index (χ2n) is 7.47. The number of benzene rings is 1. The van der Waals surface area contributed by atoms with Gasteiger partial charge in [0.2, 0.25) is 0 Å². The Morgan fingerprint density at radius 1 is 1.40 bits per heavy atom. The molecule has 1 atom stereocenters. The number of carbonyl (C=O) groups excluding carboxylic acids is 1. The van der Waals surface area contributed by atoms with Crippen LogP contribution in [-0.4, -0.2) is 33.1 Å². The van der Waals surface area contributed by atoms with Crippen molar-refractivity contribution in [3.63, 3.8) is 0 Å². The van der Waals surface area contributed by atoms with E-state index >= 15 is 0 Å². The van der Waals surface area contributed by atoms with E-state index < -0.39 is 5.60 Å². The highest BCUT2D eigenvalue weighted by Gasteiger charge is 2.34. The van der Waals surface area contributed by atoms with E-state index in [1.54, 1.807) is 4.90 Å². The smallest absolute Gasteiger partial charge is 0.410 e. The quantitative estimate of drug-likeness (QED) is 0.744. The molecule has 1 unspecified atom stereocenters. The van der Waals surface area contributed by atoms with Crippen molar-refractivity contribution in [2.75, 3.05) is 6.54 Å². The molecule has 6 heteroatoms. The van der Waals surface area contributed by atoms with Gasteiger partial charge in [0.25, 0.3) is 0 Å². The minimum Gasteiger partial charge on any atom is -0.444 e. The van der Waals surface area contributed by atoms with Crippen LogP contribution in [0, 0.1) is 6.92 Å². The van der Waals surface area contributed by atoms with E-state index in [0.717, 1.165) is 34.4 Å². The molecule has 3 rings (SSSR count). The SMILES string of the molecule is Cc1cc(-c2c[nH]c(C3CCCN3C(=O)OC(C)(C)C)n2)ccc1Br. The van der Waals surface area contributed by atoms with Crippen molar-refractivity contribution in [1.82, 2.24) is 14.9 Å². The van der Waals surface area contributed by atoms with Gasteiger partial charge >= 0.3 is 6.09 Å². The molecule has 1 N–H and O–H groups in total. The predicted octanol–water partition coefficient (Wildman–Crippen LogP) is 5.22. The van der Waals surface area contributed by atoms with E-state index in [1.807, 2.05) is 39.1 Å². The van der Waals surface area contributed by atoms with E-state index in [9.17, 15) is 4.79 Å². The van der Waals surface area contributed by atoms with Crippen molar-refractivity contribution >= 4 is 22.0 Å². The molecule has 2 heterocycles. The number of likely N-dealkylation sites (tertiary alicyclic amines) is 1. The summed E-state index contributed by atoms with van der Waals surface area (Å²) in [7, 11) is 0. The number of ether oxygens (including phenoxy) is 1. The van der Waals surface area contributed by atoms with Crippen molar-refractivity contribution in [2.45, 2.75) is 52.2 Å². The topological polar surface area (TPSA) is 58.2 Å². The first-order chi connectivity index (χ1) is 11.7. The van der Waals surface area contributed by atoms with Crippen LogP contribution < -0.4 is 0 Å². The van der Waals surface area contributed by atoms with Gasteiger partial charge in [-0.2, -0.15) is 0 Å². The van der Waals surface area contributed by atoms with E-state index in [2.05, 4.69) is 33.9 Å². The molecule has 134 valence electrons. The molecule has 1 fully saturated rings. The number of hydrogen-bond acceptors (Lipinski definition) is 3. The van der Waals surface area contributed by atoms with Gasteiger partial charge in [-0.1, -0.05) is 22.0 Å². The van der Waals surface area contributed by atoms with Crippen LogP contribution in [0.25, 0.3) is 11.3 Å². The molecular weight excluding hydrogens is 382 g/mol. The minimum atomic E-state index is -0.493. The van der Waals surface area contributed by atoms with Crippen LogP contribution in [0.2, 0.25) is 0 Å². The summed E-state index contributed by atoms with van der Waals surface area (Å²) in [6.07, 6.45) is 3.49. The Labute approximate surface area is 156 Å². The fourth-order valence-corrected chi connectivity index (χ4v) is 3.30. The first-order valence-corrected chi connectivity index (χ1v) is 9.35.